The summed E-state index contributed by atoms with van der Waals surface area (Å²) in [5.74, 6) is -1.16. The maximum atomic E-state index is 14.4. The largest absolute Gasteiger partial charge is 0.458 e. The Hall–Kier alpha value is -3.10. The number of ether oxygens (including phenoxy) is 1. The van der Waals surface area contributed by atoms with Crippen molar-refractivity contribution in [3.63, 3.8) is 0 Å². The van der Waals surface area contributed by atoms with Crippen LogP contribution >= 0.6 is 0 Å². The summed E-state index contributed by atoms with van der Waals surface area (Å²) in [5, 5.41) is 11.8. The number of carbonyl (C=O) groups excluding carboxylic acids is 1. The molecule has 0 spiro atoms. The van der Waals surface area contributed by atoms with Crippen molar-refractivity contribution in [3.8, 4) is 11.4 Å². The Morgan fingerprint density at radius 2 is 2.00 bits per heavy atom. The Balaban J connectivity index is 1.88. The first-order valence-corrected chi connectivity index (χ1v) is 10.6. The van der Waals surface area contributed by atoms with E-state index in [9.17, 15) is 19.1 Å². The molecular formula is C24H24FN3O4. The second kappa shape index (κ2) is 6.46. The Labute approximate surface area is 183 Å². The van der Waals surface area contributed by atoms with Crippen molar-refractivity contribution in [2.45, 2.75) is 58.4 Å². The first kappa shape index (κ1) is 20.8. The van der Waals surface area contributed by atoms with E-state index in [1.807, 2.05) is 13.8 Å². The van der Waals surface area contributed by atoms with E-state index in [-0.39, 0.29) is 42.1 Å². The fraction of sp³-hybridized carbons (Fsp3) is 0.375. The standard InChI is InChI=1S/C24H24FN3O4/c1-5-24(31)15-7-18-20-13(9-28(18)21(29)14(15)10-32-22(24)30)19(23(3,4)26)12-6-11(2)16(25)8-17(12)27-20/h6-8,31H,5,9-10,26H2,1-4H3/t24-/m0/s1. The second-order valence-corrected chi connectivity index (χ2v) is 9.26. The number of aryl methyl sites for hydroxylation is 1. The van der Waals surface area contributed by atoms with Gasteiger partial charge in [-0.05, 0) is 50.5 Å². The third kappa shape index (κ3) is 2.63. The summed E-state index contributed by atoms with van der Waals surface area (Å²) in [6.45, 7) is 7.11. The van der Waals surface area contributed by atoms with E-state index < -0.39 is 17.1 Å². The molecule has 8 heteroatoms. The number of benzene rings is 1. The first-order valence-electron chi connectivity index (χ1n) is 10.6. The number of esters is 1. The highest BCUT2D eigenvalue weighted by Crippen LogP contribution is 2.42. The van der Waals surface area contributed by atoms with Gasteiger partial charge in [0.1, 0.15) is 12.4 Å². The fourth-order valence-corrected chi connectivity index (χ4v) is 4.95. The van der Waals surface area contributed by atoms with Crippen molar-refractivity contribution in [1.82, 2.24) is 9.55 Å². The van der Waals surface area contributed by atoms with Crippen molar-refractivity contribution in [1.29, 1.82) is 0 Å². The van der Waals surface area contributed by atoms with Gasteiger partial charge in [0, 0.05) is 28.1 Å². The lowest BCUT2D eigenvalue weighted by atomic mass is 9.85. The van der Waals surface area contributed by atoms with Gasteiger partial charge in [-0.3, -0.25) is 4.79 Å². The summed E-state index contributed by atoms with van der Waals surface area (Å²) in [6, 6.07) is 4.75. The molecule has 2 aromatic heterocycles. The smallest absolute Gasteiger partial charge is 0.343 e. The number of nitrogens with two attached hydrogens (primary N) is 1. The van der Waals surface area contributed by atoms with Crippen LogP contribution in [0.15, 0.2) is 23.0 Å². The summed E-state index contributed by atoms with van der Waals surface area (Å²) >= 11 is 0. The molecule has 0 unspecified atom stereocenters. The van der Waals surface area contributed by atoms with Crippen LogP contribution in [0.2, 0.25) is 0 Å². The number of carbonyl (C=O) groups is 1. The third-order valence-corrected chi connectivity index (χ3v) is 6.61. The molecule has 0 radical (unpaired) electrons. The van der Waals surface area contributed by atoms with Gasteiger partial charge in [0.2, 0.25) is 0 Å². The molecule has 0 fully saturated rings. The van der Waals surface area contributed by atoms with Crippen molar-refractivity contribution < 1.29 is 19.0 Å². The molecule has 0 bridgehead atoms. The Kier molecular flexibility index (Phi) is 4.20. The number of nitrogens with zero attached hydrogens (tertiary/aromatic N) is 2. The predicted octanol–water partition coefficient (Wildman–Crippen LogP) is 2.72. The van der Waals surface area contributed by atoms with Crippen LogP contribution in [-0.4, -0.2) is 20.6 Å². The number of rotatable bonds is 2. The van der Waals surface area contributed by atoms with E-state index in [4.69, 9.17) is 15.5 Å². The molecule has 0 aliphatic carbocycles. The monoisotopic (exact) mass is 437 g/mol. The number of pyridine rings is 2. The van der Waals surface area contributed by atoms with Crippen LogP contribution in [0.5, 0.6) is 0 Å². The zero-order valence-corrected chi connectivity index (χ0v) is 18.4. The Morgan fingerprint density at radius 3 is 2.66 bits per heavy atom. The Morgan fingerprint density at radius 1 is 1.28 bits per heavy atom. The number of aromatic nitrogens is 2. The molecule has 2 aliphatic rings. The predicted molar refractivity (Wildman–Crippen MR) is 116 cm³/mol. The van der Waals surface area contributed by atoms with Crippen molar-refractivity contribution in [2.24, 2.45) is 5.73 Å². The average Bonchev–Trinajstić information content (AvgIpc) is 3.08. The molecule has 1 aromatic carbocycles. The lowest BCUT2D eigenvalue weighted by Crippen LogP contribution is -2.44. The van der Waals surface area contributed by atoms with Gasteiger partial charge in [0.05, 0.1) is 29.0 Å². The van der Waals surface area contributed by atoms with Gasteiger partial charge in [0.15, 0.2) is 5.60 Å². The van der Waals surface area contributed by atoms with Gasteiger partial charge in [-0.1, -0.05) is 6.92 Å². The highest BCUT2D eigenvalue weighted by Gasteiger charge is 2.45. The van der Waals surface area contributed by atoms with Crippen molar-refractivity contribution in [3.05, 3.63) is 62.2 Å². The summed E-state index contributed by atoms with van der Waals surface area (Å²) in [7, 11) is 0. The van der Waals surface area contributed by atoms with Gasteiger partial charge in [-0.25, -0.2) is 14.2 Å². The van der Waals surface area contributed by atoms with E-state index >= 15 is 0 Å². The SMILES string of the molecule is CC[C@@]1(O)C(=O)OCc2c1cc1n(c2=O)Cc2c-1nc1cc(F)c(C)cc1c2C(C)(C)N. The molecule has 0 saturated heterocycles. The Bertz CT molecular complexity index is 1400. The van der Waals surface area contributed by atoms with Crippen LogP contribution in [0.4, 0.5) is 4.39 Å². The molecule has 166 valence electrons. The first-order chi connectivity index (χ1) is 15.0. The molecule has 2 aliphatic heterocycles. The van der Waals surface area contributed by atoms with Crippen LogP contribution in [0.25, 0.3) is 22.3 Å². The van der Waals surface area contributed by atoms with E-state index in [1.54, 1.807) is 30.5 Å². The lowest BCUT2D eigenvalue weighted by Gasteiger charge is -2.31. The van der Waals surface area contributed by atoms with Crippen molar-refractivity contribution in [2.75, 3.05) is 0 Å². The number of aliphatic hydroxyl groups is 1. The molecule has 3 N–H and O–H groups in total. The highest BCUT2D eigenvalue weighted by molar-refractivity contribution is 5.90. The summed E-state index contributed by atoms with van der Waals surface area (Å²) in [4.78, 5) is 30.4. The molecule has 4 heterocycles. The number of fused-ring (bicyclic) bond motifs is 5. The molecule has 32 heavy (non-hydrogen) atoms. The summed E-state index contributed by atoms with van der Waals surface area (Å²) in [5.41, 5.74) is 7.48. The van der Waals surface area contributed by atoms with E-state index in [1.165, 1.54) is 6.07 Å². The number of cyclic esters (lactones) is 1. The van der Waals surface area contributed by atoms with E-state index in [0.29, 0.717) is 22.5 Å². The van der Waals surface area contributed by atoms with Crippen LogP contribution in [-0.2, 0) is 33.8 Å². The maximum absolute atomic E-state index is 14.4. The van der Waals surface area contributed by atoms with Crippen LogP contribution in [0.3, 0.4) is 0 Å². The minimum Gasteiger partial charge on any atom is -0.458 e. The molecule has 5 rings (SSSR count). The number of hydrogen-bond acceptors (Lipinski definition) is 6. The minimum atomic E-state index is -1.90. The molecule has 1 atom stereocenters. The zero-order valence-electron chi connectivity index (χ0n) is 18.4. The molecule has 0 amide bonds. The van der Waals surface area contributed by atoms with E-state index in [0.717, 1.165) is 16.5 Å². The number of halogens is 1. The molecule has 7 nitrogen and oxygen atoms in total. The van der Waals surface area contributed by atoms with Crippen LogP contribution in [0, 0.1) is 12.7 Å². The average molecular weight is 437 g/mol. The van der Waals surface area contributed by atoms with Crippen LogP contribution < -0.4 is 11.3 Å². The van der Waals surface area contributed by atoms with Gasteiger partial charge in [0.25, 0.3) is 5.56 Å². The van der Waals surface area contributed by atoms with Gasteiger partial charge < -0.3 is 20.1 Å². The maximum Gasteiger partial charge on any atom is 0.343 e. The normalized spacial score (nSPS) is 19.5. The quantitative estimate of drug-likeness (QED) is 0.467. The zero-order chi connectivity index (χ0) is 23.2. The van der Waals surface area contributed by atoms with Crippen LogP contribution in [0.1, 0.15) is 55.0 Å². The molecule has 3 aromatic rings. The molecule has 0 saturated carbocycles. The fourth-order valence-electron chi connectivity index (χ4n) is 4.95. The third-order valence-electron chi connectivity index (χ3n) is 6.61. The van der Waals surface area contributed by atoms with Gasteiger partial charge >= 0.3 is 5.97 Å². The van der Waals surface area contributed by atoms with Crippen molar-refractivity contribution >= 4 is 16.9 Å². The molecular weight excluding hydrogens is 413 g/mol. The summed E-state index contributed by atoms with van der Waals surface area (Å²) < 4.78 is 21.1. The lowest BCUT2D eigenvalue weighted by molar-refractivity contribution is -0.172. The topological polar surface area (TPSA) is 107 Å². The highest BCUT2D eigenvalue weighted by atomic mass is 19.1. The summed E-state index contributed by atoms with van der Waals surface area (Å²) in [6.07, 6.45) is 0.0608. The van der Waals surface area contributed by atoms with Gasteiger partial charge in [-0.2, -0.15) is 0 Å². The number of hydrogen-bond donors (Lipinski definition) is 2. The van der Waals surface area contributed by atoms with Gasteiger partial charge in [-0.15, -0.1) is 0 Å². The van der Waals surface area contributed by atoms with E-state index in [2.05, 4.69) is 0 Å². The minimum absolute atomic E-state index is 0.0608. The second-order valence-electron chi connectivity index (χ2n) is 9.26.